The average Bonchev–Trinajstić information content (AvgIpc) is 2.74. The Morgan fingerprint density at radius 2 is 1.39 bits per heavy atom. The Morgan fingerprint density at radius 1 is 0.857 bits per heavy atom. The minimum absolute atomic E-state index is 0.0143. The maximum absolute atomic E-state index is 12.5. The highest BCUT2D eigenvalue weighted by Crippen LogP contribution is 2.20. The lowest BCUT2D eigenvalue weighted by molar-refractivity contribution is -0.122. The minimum Gasteiger partial charge on any atom is -0.355 e. The molecule has 0 aliphatic carbocycles. The van der Waals surface area contributed by atoms with E-state index in [1.54, 1.807) is 0 Å². The van der Waals surface area contributed by atoms with Crippen LogP contribution in [0.4, 0.5) is 0 Å². The van der Waals surface area contributed by atoms with Crippen molar-refractivity contribution in [2.24, 2.45) is 17.4 Å². The topological polar surface area (TPSA) is 81.1 Å². The first-order valence-electron chi connectivity index (χ1n) is 10.5. The Balaban J connectivity index is 1.84. The van der Waals surface area contributed by atoms with Gasteiger partial charge >= 0.3 is 0 Å². The molecule has 2 aromatic carbocycles. The SMILES string of the molecule is NCCC[C@H](N)CNC(=O)CC(CCc1ccccc1)CCc1ccccc1. The monoisotopic (exact) mass is 381 g/mol. The molecule has 0 aromatic heterocycles. The Labute approximate surface area is 169 Å². The lowest BCUT2D eigenvalue weighted by Gasteiger charge is -2.18. The summed E-state index contributed by atoms with van der Waals surface area (Å²) in [6.45, 7) is 1.17. The van der Waals surface area contributed by atoms with E-state index in [0.29, 0.717) is 25.4 Å². The van der Waals surface area contributed by atoms with Crippen molar-refractivity contribution in [1.82, 2.24) is 5.32 Å². The van der Waals surface area contributed by atoms with Gasteiger partial charge in [-0.25, -0.2) is 0 Å². The number of amides is 1. The molecule has 0 saturated carbocycles. The second-order valence-corrected chi connectivity index (χ2v) is 7.61. The van der Waals surface area contributed by atoms with Crippen LogP contribution in [0.3, 0.4) is 0 Å². The van der Waals surface area contributed by atoms with Crippen molar-refractivity contribution in [3.8, 4) is 0 Å². The number of hydrogen-bond acceptors (Lipinski definition) is 3. The highest BCUT2D eigenvalue weighted by Gasteiger charge is 2.15. The minimum atomic E-state index is -0.0143. The normalized spacial score (nSPS) is 12.1. The van der Waals surface area contributed by atoms with E-state index in [1.165, 1.54) is 11.1 Å². The number of hydrogen-bond donors (Lipinski definition) is 3. The van der Waals surface area contributed by atoms with Gasteiger partial charge in [-0.15, -0.1) is 0 Å². The first-order valence-corrected chi connectivity index (χ1v) is 10.5. The first-order chi connectivity index (χ1) is 13.7. The smallest absolute Gasteiger partial charge is 0.220 e. The third-order valence-corrected chi connectivity index (χ3v) is 5.18. The van der Waals surface area contributed by atoms with Crippen molar-refractivity contribution in [1.29, 1.82) is 0 Å². The van der Waals surface area contributed by atoms with Crippen molar-refractivity contribution in [2.45, 2.75) is 51.0 Å². The van der Waals surface area contributed by atoms with E-state index in [1.807, 2.05) is 12.1 Å². The zero-order valence-electron chi connectivity index (χ0n) is 16.9. The van der Waals surface area contributed by atoms with Gasteiger partial charge in [0.25, 0.3) is 0 Å². The number of benzene rings is 2. The molecule has 0 heterocycles. The molecule has 0 radical (unpaired) electrons. The number of nitrogens with two attached hydrogens (primary N) is 2. The van der Waals surface area contributed by atoms with Crippen molar-refractivity contribution in [3.63, 3.8) is 0 Å². The summed E-state index contributed by atoms with van der Waals surface area (Å²) in [6.07, 6.45) is 6.35. The molecular formula is C24H35N3O. The third-order valence-electron chi connectivity index (χ3n) is 5.18. The van der Waals surface area contributed by atoms with Crippen LogP contribution >= 0.6 is 0 Å². The van der Waals surface area contributed by atoms with Crippen molar-refractivity contribution >= 4 is 5.91 Å². The molecule has 1 amide bonds. The second kappa shape index (κ2) is 13.1. The van der Waals surface area contributed by atoms with Gasteiger partial charge < -0.3 is 16.8 Å². The van der Waals surface area contributed by atoms with Crippen LogP contribution in [0.2, 0.25) is 0 Å². The van der Waals surface area contributed by atoms with Crippen LogP contribution in [0.5, 0.6) is 0 Å². The zero-order chi connectivity index (χ0) is 20.0. The van der Waals surface area contributed by atoms with E-state index in [-0.39, 0.29) is 11.9 Å². The van der Waals surface area contributed by atoms with Crippen LogP contribution in [0.15, 0.2) is 60.7 Å². The van der Waals surface area contributed by atoms with Crippen molar-refractivity contribution in [3.05, 3.63) is 71.8 Å². The number of nitrogens with one attached hydrogen (secondary N) is 1. The molecule has 0 saturated heterocycles. The molecule has 0 fully saturated rings. The van der Waals surface area contributed by atoms with E-state index >= 15 is 0 Å². The van der Waals surface area contributed by atoms with Crippen molar-refractivity contribution in [2.75, 3.05) is 13.1 Å². The maximum atomic E-state index is 12.5. The molecule has 4 heteroatoms. The van der Waals surface area contributed by atoms with Gasteiger partial charge in [-0.1, -0.05) is 60.7 Å². The number of aryl methyl sites for hydroxylation is 2. The molecule has 28 heavy (non-hydrogen) atoms. The second-order valence-electron chi connectivity index (χ2n) is 7.61. The van der Waals surface area contributed by atoms with Gasteiger partial charge in [-0.3, -0.25) is 4.79 Å². The van der Waals surface area contributed by atoms with Gasteiger partial charge in [0.1, 0.15) is 0 Å². The fraction of sp³-hybridized carbons (Fsp3) is 0.458. The van der Waals surface area contributed by atoms with E-state index in [0.717, 1.165) is 38.5 Å². The Hall–Kier alpha value is -2.17. The van der Waals surface area contributed by atoms with Gasteiger partial charge in [-0.2, -0.15) is 0 Å². The van der Waals surface area contributed by atoms with E-state index in [2.05, 4.69) is 53.8 Å². The van der Waals surface area contributed by atoms with Crippen LogP contribution in [0.25, 0.3) is 0 Å². The van der Waals surface area contributed by atoms with Crippen LogP contribution in [-0.2, 0) is 17.6 Å². The summed E-state index contributed by atoms with van der Waals surface area (Å²) in [5, 5.41) is 3.01. The summed E-state index contributed by atoms with van der Waals surface area (Å²) in [4.78, 5) is 12.5. The van der Waals surface area contributed by atoms with Crippen LogP contribution in [0, 0.1) is 5.92 Å². The summed E-state index contributed by atoms with van der Waals surface area (Å²) in [7, 11) is 0. The summed E-state index contributed by atoms with van der Waals surface area (Å²) in [5.41, 5.74) is 14.2. The maximum Gasteiger partial charge on any atom is 0.220 e. The summed E-state index contributed by atoms with van der Waals surface area (Å²) >= 11 is 0. The highest BCUT2D eigenvalue weighted by atomic mass is 16.1. The van der Waals surface area contributed by atoms with E-state index in [4.69, 9.17) is 11.5 Å². The molecule has 2 rings (SSSR count). The van der Waals surface area contributed by atoms with Crippen LogP contribution in [-0.4, -0.2) is 25.0 Å². The molecule has 152 valence electrons. The number of carbonyl (C=O) groups is 1. The van der Waals surface area contributed by atoms with E-state index in [9.17, 15) is 4.79 Å². The Kier molecular flexibility index (Phi) is 10.3. The van der Waals surface area contributed by atoms with Crippen LogP contribution < -0.4 is 16.8 Å². The summed E-state index contributed by atoms with van der Waals surface area (Å²) in [6, 6.07) is 21.0. The molecule has 4 nitrogen and oxygen atoms in total. The number of carbonyl (C=O) groups excluding carboxylic acids is 1. The zero-order valence-corrected chi connectivity index (χ0v) is 16.9. The molecule has 5 N–H and O–H groups in total. The Bertz CT molecular complexity index is 617. The molecule has 0 bridgehead atoms. The fourth-order valence-corrected chi connectivity index (χ4v) is 3.44. The standard InChI is InChI=1S/C24H35N3O/c25-17-7-12-23(26)19-27-24(28)18-22(15-13-20-8-3-1-4-9-20)16-14-21-10-5-2-6-11-21/h1-6,8-11,22-23H,7,12-19,25-26H2,(H,27,28)/t23-/m0/s1. The quantitative estimate of drug-likeness (QED) is 0.497. The lowest BCUT2D eigenvalue weighted by Crippen LogP contribution is -2.38. The third kappa shape index (κ3) is 9.16. The summed E-state index contributed by atoms with van der Waals surface area (Å²) < 4.78 is 0. The molecular weight excluding hydrogens is 346 g/mol. The van der Waals surface area contributed by atoms with E-state index < -0.39 is 0 Å². The molecule has 0 unspecified atom stereocenters. The lowest BCUT2D eigenvalue weighted by atomic mass is 9.90. The molecule has 1 atom stereocenters. The fourth-order valence-electron chi connectivity index (χ4n) is 3.44. The first kappa shape index (κ1) is 22.1. The predicted octanol–water partition coefficient (Wildman–Crippen LogP) is 3.44. The van der Waals surface area contributed by atoms with Gasteiger partial charge in [0.15, 0.2) is 0 Å². The number of rotatable bonds is 13. The van der Waals surface area contributed by atoms with Gasteiger partial charge in [0.2, 0.25) is 5.91 Å². The largest absolute Gasteiger partial charge is 0.355 e. The predicted molar refractivity (Wildman–Crippen MR) is 117 cm³/mol. The average molecular weight is 382 g/mol. The van der Waals surface area contributed by atoms with Crippen LogP contribution in [0.1, 0.15) is 43.2 Å². The van der Waals surface area contributed by atoms with Crippen molar-refractivity contribution < 1.29 is 4.79 Å². The molecule has 0 aliphatic heterocycles. The molecule has 0 spiro atoms. The van der Waals surface area contributed by atoms with Gasteiger partial charge in [0.05, 0.1) is 0 Å². The Morgan fingerprint density at radius 3 is 1.89 bits per heavy atom. The molecule has 0 aliphatic rings. The highest BCUT2D eigenvalue weighted by molar-refractivity contribution is 5.76. The van der Waals surface area contributed by atoms with Gasteiger partial charge in [0, 0.05) is 19.0 Å². The molecule has 2 aromatic rings. The van der Waals surface area contributed by atoms with Gasteiger partial charge in [-0.05, 0) is 62.1 Å². The summed E-state index contributed by atoms with van der Waals surface area (Å²) in [5.74, 6) is 0.468.